The molecule has 6 N–H and O–H groups in total. The molecule has 0 aliphatic rings. The van der Waals surface area contributed by atoms with E-state index < -0.39 is 0 Å². The Hall–Kier alpha value is -1.10. The van der Waals surface area contributed by atoms with Crippen LogP contribution < -0.4 is 11.5 Å². The summed E-state index contributed by atoms with van der Waals surface area (Å²) in [5.41, 5.74) is 12.9. The van der Waals surface area contributed by atoms with E-state index in [1.54, 1.807) is 12.1 Å². The Morgan fingerprint density at radius 1 is 1.25 bits per heavy atom. The Bertz CT molecular complexity index is 338. The second-order valence-electron chi connectivity index (χ2n) is 4.07. The van der Waals surface area contributed by atoms with E-state index in [1.807, 2.05) is 6.07 Å². The van der Waals surface area contributed by atoms with Crippen molar-refractivity contribution in [3.05, 3.63) is 29.3 Å². The molecule has 0 saturated carbocycles. The Morgan fingerprint density at radius 3 is 2.38 bits per heavy atom. The van der Waals surface area contributed by atoms with E-state index >= 15 is 0 Å². The summed E-state index contributed by atoms with van der Waals surface area (Å²) in [5, 5.41) is 18.5. The van der Waals surface area contributed by atoms with Gasteiger partial charge in [-0.1, -0.05) is 13.0 Å². The molecule has 0 aliphatic heterocycles. The zero-order valence-corrected chi connectivity index (χ0v) is 9.56. The van der Waals surface area contributed by atoms with Crippen LogP contribution >= 0.6 is 0 Å². The lowest BCUT2D eigenvalue weighted by atomic mass is 9.87. The van der Waals surface area contributed by atoms with Gasteiger partial charge in [-0.2, -0.15) is 0 Å². The van der Waals surface area contributed by atoms with Gasteiger partial charge < -0.3 is 21.7 Å². The SMILES string of the molecule is CC(c1ccc(O)c(CO)c1)C(CN)CN. The highest BCUT2D eigenvalue weighted by atomic mass is 16.3. The van der Waals surface area contributed by atoms with Crippen LogP contribution in [0.1, 0.15) is 24.0 Å². The van der Waals surface area contributed by atoms with Crippen molar-refractivity contribution in [3.8, 4) is 5.75 Å². The normalized spacial score (nSPS) is 13.1. The highest BCUT2D eigenvalue weighted by Crippen LogP contribution is 2.27. The van der Waals surface area contributed by atoms with E-state index in [-0.39, 0.29) is 24.2 Å². The summed E-state index contributed by atoms with van der Waals surface area (Å²) in [4.78, 5) is 0. The van der Waals surface area contributed by atoms with Gasteiger partial charge >= 0.3 is 0 Å². The van der Waals surface area contributed by atoms with Crippen LogP contribution in [-0.2, 0) is 6.61 Å². The molecule has 0 aromatic heterocycles. The molecule has 16 heavy (non-hydrogen) atoms. The largest absolute Gasteiger partial charge is 0.508 e. The Kier molecular flexibility index (Phi) is 4.73. The minimum atomic E-state index is -0.164. The predicted octanol–water partition coefficient (Wildman–Crippen LogP) is 0.522. The number of aromatic hydroxyl groups is 1. The lowest BCUT2D eigenvalue weighted by molar-refractivity contribution is 0.275. The monoisotopic (exact) mass is 224 g/mol. The van der Waals surface area contributed by atoms with Crippen molar-refractivity contribution in [1.82, 2.24) is 0 Å². The van der Waals surface area contributed by atoms with Crippen molar-refractivity contribution in [2.75, 3.05) is 13.1 Å². The molecule has 0 spiro atoms. The van der Waals surface area contributed by atoms with Gasteiger partial charge in [0.05, 0.1) is 6.61 Å². The van der Waals surface area contributed by atoms with Gasteiger partial charge in [0.15, 0.2) is 0 Å². The first-order valence-electron chi connectivity index (χ1n) is 5.46. The summed E-state index contributed by atoms with van der Waals surface area (Å²) < 4.78 is 0. The zero-order valence-electron chi connectivity index (χ0n) is 9.56. The van der Waals surface area contributed by atoms with E-state index in [1.165, 1.54) is 0 Å². The summed E-state index contributed by atoms with van der Waals surface area (Å²) in [5.74, 6) is 0.562. The summed E-state index contributed by atoms with van der Waals surface area (Å²) in [6.07, 6.45) is 0. The molecule has 0 bridgehead atoms. The number of nitrogens with two attached hydrogens (primary N) is 2. The molecule has 1 aromatic carbocycles. The third kappa shape index (κ3) is 2.72. The quantitative estimate of drug-likeness (QED) is 0.586. The van der Waals surface area contributed by atoms with Gasteiger partial charge in [0.1, 0.15) is 5.75 Å². The fourth-order valence-electron chi connectivity index (χ4n) is 1.79. The average Bonchev–Trinajstić information content (AvgIpc) is 2.31. The van der Waals surface area contributed by atoms with Crippen LogP contribution in [0.4, 0.5) is 0 Å². The van der Waals surface area contributed by atoms with Crippen molar-refractivity contribution in [2.45, 2.75) is 19.4 Å². The molecular weight excluding hydrogens is 204 g/mol. The van der Waals surface area contributed by atoms with Crippen LogP contribution in [0.15, 0.2) is 18.2 Å². The maximum absolute atomic E-state index is 9.46. The van der Waals surface area contributed by atoms with Gasteiger partial charge in [0, 0.05) is 5.56 Å². The zero-order chi connectivity index (χ0) is 12.1. The molecule has 0 saturated heterocycles. The Balaban J connectivity index is 2.95. The third-order valence-electron chi connectivity index (χ3n) is 3.11. The van der Waals surface area contributed by atoms with Crippen molar-refractivity contribution in [2.24, 2.45) is 17.4 Å². The number of hydrogen-bond donors (Lipinski definition) is 4. The van der Waals surface area contributed by atoms with Gasteiger partial charge in [-0.05, 0) is 42.6 Å². The Morgan fingerprint density at radius 2 is 1.88 bits per heavy atom. The van der Waals surface area contributed by atoms with E-state index in [0.717, 1.165) is 5.56 Å². The fraction of sp³-hybridized carbons (Fsp3) is 0.500. The van der Waals surface area contributed by atoms with E-state index in [4.69, 9.17) is 16.6 Å². The smallest absolute Gasteiger partial charge is 0.121 e. The first kappa shape index (κ1) is 13.0. The summed E-state index contributed by atoms with van der Waals surface area (Å²) in [6.45, 7) is 2.96. The molecule has 1 atom stereocenters. The van der Waals surface area contributed by atoms with E-state index in [2.05, 4.69) is 6.92 Å². The molecule has 4 nitrogen and oxygen atoms in total. The fourth-order valence-corrected chi connectivity index (χ4v) is 1.79. The second kappa shape index (κ2) is 5.84. The molecule has 0 aliphatic carbocycles. The number of hydrogen-bond acceptors (Lipinski definition) is 4. The minimum absolute atomic E-state index is 0.121. The summed E-state index contributed by atoms with van der Waals surface area (Å²) in [7, 11) is 0. The summed E-state index contributed by atoms with van der Waals surface area (Å²) in [6, 6.07) is 5.25. The van der Waals surface area contributed by atoms with Crippen molar-refractivity contribution in [3.63, 3.8) is 0 Å². The lowest BCUT2D eigenvalue weighted by Crippen LogP contribution is -2.27. The second-order valence-corrected chi connectivity index (χ2v) is 4.07. The maximum Gasteiger partial charge on any atom is 0.121 e. The number of phenols is 1. The van der Waals surface area contributed by atoms with Crippen LogP contribution in [0, 0.1) is 5.92 Å². The van der Waals surface area contributed by atoms with Crippen LogP contribution in [-0.4, -0.2) is 23.3 Å². The van der Waals surface area contributed by atoms with E-state index in [9.17, 15) is 5.11 Å². The number of benzene rings is 1. The number of aliphatic hydroxyl groups excluding tert-OH is 1. The van der Waals surface area contributed by atoms with Gasteiger partial charge in [-0.15, -0.1) is 0 Å². The summed E-state index contributed by atoms with van der Waals surface area (Å²) >= 11 is 0. The molecule has 0 radical (unpaired) electrons. The minimum Gasteiger partial charge on any atom is -0.508 e. The predicted molar refractivity (Wildman–Crippen MR) is 64.0 cm³/mol. The molecule has 1 unspecified atom stereocenters. The standard InChI is InChI=1S/C12H20N2O2/c1-8(11(5-13)6-14)9-2-3-12(16)10(4-9)7-15/h2-4,8,11,15-16H,5-7,13-14H2,1H3. The van der Waals surface area contributed by atoms with Gasteiger partial charge in [-0.25, -0.2) is 0 Å². The molecule has 0 fully saturated rings. The lowest BCUT2D eigenvalue weighted by Gasteiger charge is -2.21. The van der Waals surface area contributed by atoms with Crippen LogP contribution in [0.3, 0.4) is 0 Å². The van der Waals surface area contributed by atoms with Gasteiger partial charge in [-0.3, -0.25) is 0 Å². The first-order chi connectivity index (χ1) is 7.63. The number of rotatable bonds is 5. The van der Waals surface area contributed by atoms with Crippen LogP contribution in [0.2, 0.25) is 0 Å². The third-order valence-corrected chi connectivity index (χ3v) is 3.11. The van der Waals surface area contributed by atoms with E-state index in [0.29, 0.717) is 18.7 Å². The maximum atomic E-state index is 9.46. The van der Waals surface area contributed by atoms with Gasteiger partial charge in [0.25, 0.3) is 0 Å². The van der Waals surface area contributed by atoms with Crippen LogP contribution in [0.25, 0.3) is 0 Å². The molecule has 1 aromatic rings. The molecule has 4 heteroatoms. The topological polar surface area (TPSA) is 92.5 Å². The van der Waals surface area contributed by atoms with Crippen molar-refractivity contribution < 1.29 is 10.2 Å². The highest BCUT2D eigenvalue weighted by Gasteiger charge is 2.17. The molecule has 0 amide bonds. The molecule has 0 heterocycles. The van der Waals surface area contributed by atoms with Crippen molar-refractivity contribution in [1.29, 1.82) is 0 Å². The highest BCUT2D eigenvalue weighted by molar-refractivity contribution is 5.37. The number of aliphatic hydroxyl groups is 1. The molecule has 90 valence electrons. The average molecular weight is 224 g/mol. The Labute approximate surface area is 95.9 Å². The van der Waals surface area contributed by atoms with Crippen LogP contribution in [0.5, 0.6) is 5.75 Å². The van der Waals surface area contributed by atoms with Gasteiger partial charge in [0.2, 0.25) is 0 Å². The molecular formula is C12H20N2O2. The molecule has 1 rings (SSSR count). The van der Waals surface area contributed by atoms with Crippen molar-refractivity contribution >= 4 is 0 Å². The first-order valence-corrected chi connectivity index (χ1v) is 5.46.